The third-order valence-corrected chi connectivity index (χ3v) is 5.01. The molecule has 0 amide bonds. The highest BCUT2D eigenvalue weighted by atomic mass is 19.1. The third-order valence-electron chi connectivity index (χ3n) is 5.01. The van der Waals surface area contributed by atoms with E-state index in [1.165, 1.54) is 16.8 Å². The topological polar surface area (TPSA) is 83.8 Å². The van der Waals surface area contributed by atoms with Crippen molar-refractivity contribution < 1.29 is 9.50 Å². The van der Waals surface area contributed by atoms with Gasteiger partial charge in [-0.05, 0) is 43.5 Å². The summed E-state index contributed by atoms with van der Waals surface area (Å²) in [6, 6.07) is 13.2. The summed E-state index contributed by atoms with van der Waals surface area (Å²) < 4.78 is 15.0. The summed E-state index contributed by atoms with van der Waals surface area (Å²) in [7, 11) is 0. The number of benzene rings is 2. The first-order valence-corrected chi connectivity index (χ1v) is 9.64. The summed E-state index contributed by atoms with van der Waals surface area (Å²) in [5, 5.41) is 14.9. The largest absolute Gasteiger partial charge is 0.507 e. The van der Waals surface area contributed by atoms with Gasteiger partial charge in [0.15, 0.2) is 0 Å². The van der Waals surface area contributed by atoms with Gasteiger partial charge in [-0.1, -0.05) is 30.3 Å². The second-order valence-corrected chi connectivity index (χ2v) is 7.08. The summed E-state index contributed by atoms with van der Waals surface area (Å²) in [5.74, 6) is 0.391. The molecule has 30 heavy (non-hydrogen) atoms. The number of imidazole rings is 1. The van der Waals surface area contributed by atoms with Crippen LogP contribution in [0.25, 0.3) is 11.1 Å². The lowest BCUT2D eigenvalue weighted by atomic mass is 9.94. The Hall–Kier alpha value is -3.74. The molecule has 0 spiro atoms. The van der Waals surface area contributed by atoms with Crippen molar-refractivity contribution in [3.8, 4) is 16.9 Å². The monoisotopic (exact) mass is 404 g/mol. The van der Waals surface area contributed by atoms with Crippen LogP contribution < -0.4 is 5.56 Å². The second kappa shape index (κ2) is 8.32. The molecular formula is C23H21FN4O2. The van der Waals surface area contributed by atoms with E-state index in [9.17, 15) is 14.3 Å². The Morgan fingerprint density at radius 2 is 1.97 bits per heavy atom. The van der Waals surface area contributed by atoms with Gasteiger partial charge in [0.25, 0.3) is 5.56 Å². The average Bonchev–Trinajstić information content (AvgIpc) is 3.23. The van der Waals surface area contributed by atoms with E-state index in [1.807, 2.05) is 13.0 Å². The summed E-state index contributed by atoms with van der Waals surface area (Å²) in [4.78, 5) is 20.5. The van der Waals surface area contributed by atoms with E-state index >= 15 is 0 Å². The zero-order chi connectivity index (χ0) is 21.1. The number of nitrogens with one attached hydrogen (secondary N) is 1. The molecule has 7 heteroatoms. The van der Waals surface area contributed by atoms with Gasteiger partial charge in [0.05, 0.1) is 5.69 Å². The van der Waals surface area contributed by atoms with Crippen molar-refractivity contribution in [1.82, 2.24) is 19.7 Å². The first-order valence-electron chi connectivity index (χ1n) is 9.64. The highest BCUT2D eigenvalue weighted by molar-refractivity contribution is 5.74. The zero-order valence-corrected chi connectivity index (χ0v) is 16.5. The van der Waals surface area contributed by atoms with E-state index in [1.54, 1.807) is 42.7 Å². The Balaban J connectivity index is 1.81. The van der Waals surface area contributed by atoms with Crippen molar-refractivity contribution in [2.24, 2.45) is 0 Å². The SMILES string of the molecule is Cc1nn(Cc2ncc[nH]2)c(=O)c(CCc2cccc(F)c2)c1-c1ccccc1O. The van der Waals surface area contributed by atoms with E-state index in [0.717, 1.165) is 5.56 Å². The standard InChI is InChI=1S/C23H21FN4O2/c1-15-22(18-7-2-3-8-20(18)29)19(10-9-16-5-4-6-17(24)13-16)23(30)28(27-15)14-21-25-11-12-26-21/h2-8,11-13,29H,9-10,14H2,1H3,(H,25,26). The molecule has 0 aliphatic heterocycles. The van der Waals surface area contributed by atoms with Gasteiger partial charge >= 0.3 is 0 Å². The molecule has 4 aromatic rings. The van der Waals surface area contributed by atoms with Crippen molar-refractivity contribution in [2.75, 3.05) is 0 Å². The number of aromatic hydroxyl groups is 1. The Morgan fingerprint density at radius 1 is 1.13 bits per heavy atom. The number of phenolic OH excluding ortho intramolecular Hbond substituents is 1. The molecular weight excluding hydrogens is 383 g/mol. The van der Waals surface area contributed by atoms with Crippen molar-refractivity contribution in [3.63, 3.8) is 0 Å². The molecule has 0 radical (unpaired) electrons. The Kier molecular flexibility index (Phi) is 5.43. The molecule has 0 unspecified atom stereocenters. The molecule has 152 valence electrons. The van der Waals surface area contributed by atoms with Crippen LogP contribution in [-0.2, 0) is 19.4 Å². The molecule has 0 saturated heterocycles. The third kappa shape index (κ3) is 4.00. The van der Waals surface area contributed by atoms with Crippen LogP contribution in [0.4, 0.5) is 4.39 Å². The number of aromatic nitrogens is 4. The maximum absolute atomic E-state index is 13.6. The summed E-state index contributed by atoms with van der Waals surface area (Å²) in [6.07, 6.45) is 4.17. The number of aromatic amines is 1. The molecule has 4 rings (SSSR count). The molecule has 0 atom stereocenters. The highest BCUT2D eigenvalue weighted by Crippen LogP contribution is 2.32. The second-order valence-electron chi connectivity index (χ2n) is 7.08. The van der Waals surface area contributed by atoms with Crippen LogP contribution in [0.2, 0.25) is 0 Å². The van der Waals surface area contributed by atoms with Gasteiger partial charge in [-0.15, -0.1) is 0 Å². The number of rotatable bonds is 6. The fourth-order valence-electron chi connectivity index (χ4n) is 3.63. The molecule has 2 N–H and O–H groups in total. The van der Waals surface area contributed by atoms with Gasteiger partial charge in [-0.2, -0.15) is 5.10 Å². The Morgan fingerprint density at radius 3 is 2.70 bits per heavy atom. The van der Waals surface area contributed by atoms with Crippen molar-refractivity contribution in [1.29, 1.82) is 0 Å². The van der Waals surface area contributed by atoms with Crippen LogP contribution >= 0.6 is 0 Å². The Labute approximate surface area is 172 Å². The summed E-state index contributed by atoms with van der Waals surface area (Å²) in [5.41, 5.74) is 2.86. The van der Waals surface area contributed by atoms with Crippen LogP contribution in [0.15, 0.2) is 65.7 Å². The van der Waals surface area contributed by atoms with Crippen LogP contribution in [0.1, 0.15) is 22.6 Å². The van der Waals surface area contributed by atoms with E-state index in [0.29, 0.717) is 41.1 Å². The number of hydrogen-bond acceptors (Lipinski definition) is 4. The Bertz CT molecular complexity index is 1230. The van der Waals surface area contributed by atoms with Gasteiger partial charge in [-0.25, -0.2) is 14.1 Å². The van der Waals surface area contributed by atoms with Crippen molar-refractivity contribution in [2.45, 2.75) is 26.3 Å². The minimum Gasteiger partial charge on any atom is -0.507 e. The predicted molar refractivity (Wildman–Crippen MR) is 112 cm³/mol. The van der Waals surface area contributed by atoms with Crippen LogP contribution in [0.3, 0.4) is 0 Å². The summed E-state index contributed by atoms with van der Waals surface area (Å²) in [6.45, 7) is 2.02. The van der Waals surface area contributed by atoms with Gasteiger partial charge < -0.3 is 10.1 Å². The van der Waals surface area contributed by atoms with E-state index in [2.05, 4.69) is 15.1 Å². The van der Waals surface area contributed by atoms with Crippen molar-refractivity contribution >= 4 is 0 Å². The zero-order valence-electron chi connectivity index (χ0n) is 16.5. The van der Waals surface area contributed by atoms with Crippen LogP contribution in [0.5, 0.6) is 5.75 Å². The molecule has 0 fully saturated rings. The minimum atomic E-state index is -0.311. The normalized spacial score (nSPS) is 11.0. The lowest BCUT2D eigenvalue weighted by Gasteiger charge is -2.16. The molecule has 0 aliphatic rings. The smallest absolute Gasteiger partial charge is 0.271 e. The number of H-pyrrole nitrogens is 1. The first kappa shape index (κ1) is 19.6. The first-order chi connectivity index (χ1) is 14.5. The lowest BCUT2D eigenvalue weighted by Crippen LogP contribution is -2.29. The minimum absolute atomic E-state index is 0.0811. The number of hydrogen-bond donors (Lipinski definition) is 2. The fourth-order valence-corrected chi connectivity index (χ4v) is 3.63. The lowest BCUT2D eigenvalue weighted by molar-refractivity contribution is 0.477. The van der Waals surface area contributed by atoms with E-state index in [-0.39, 0.29) is 23.7 Å². The quantitative estimate of drug-likeness (QED) is 0.514. The number of nitrogens with zero attached hydrogens (tertiary/aromatic N) is 3. The maximum atomic E-state index is 13.6. The molecule has 2 heterocycles. The molecule has 0 bridgehead atoms. The van der Waals surface area contributed by atoms with Crippen molar-refractivity contribution in [3.05, 3.63) is 99.7 Å². The van der Waals surface area contributed by atoms with Gasteiger partial charge in [0.1, 0.15) is 23.9 Å². The average molecular weight is 404 g/mol. The van der Waals surface area contributed by atoms with Gasteiger partial charge in [0.2, 0.25) is 0 Å². The number of para-hydroxylation sites is 1. The fraction of sp³-hybridized carbons (Fsp3) is 0.174. The van der Waals surface area contributed by atoms with Gasteiger partial charge in [-0.3, -0.25) is 4.79 Å². The van der Waals surface area contributed by atoms with E-state index < -0.39 is 0 Å². The van der Waals surface area contributed by atoms with E-state index in [4.69, 9.17) is 0 Å². The maximum Gasteiger partial charge on any atom is 0.271 e. The number of phenols is 1. The van der Waals surface area contributed by atoms with Crippen LogP contribution in [0, 0.1) is 12.7 Å². The molecule has 2 aromatic carbocycles. The number of aryl methyl sites for hydroxylation is 2. The van der Waals surface area contributed by atoms with Crippen LogP contribution in [-0.4, -0.2) is 24.9 Å². The molecule has 2 aromatic heterocycles. The highest BCUT2D eigenvalue weighted by Gasteiger charge is 2.19. The predicted octanol–water partition coefficient (Wildman–Crippen LogP) is 3.62. The summed E-state index contributed by atoms with van der Waals surface area (Å²) >= 11 is 0. The molecule has 0 saturated carbocycles. The molecule has 0 aliphatic carbocycles. The van der Waals surface area contributed by atoms with Gasteiger partial charge in [0, 0.05) is 29.1 Å². The molecule has 6 nitrogen and oxygen atoms in total. The number of halogens is 1.